The van der Waals surface area contributed by atoms with E-state index in [9.17, 15) is 0 Å². The number of hydrogen-bond acceptors (Lipinski definition) is 4. The summed E-state index contributed by atoms with van der Waals surface area (Å²) in [7, 11) is 3.47. The van der Waals surface area contributed by atoms with Crippen LogP contribution < -0.4 is 14.8 Å². The van der Waals surface area contributed by atoms with Crippen molar-refractivity contribution in [3.63, 3.8) is 0 Å². The lowest BCUT2D eigenvalue weighted by Crippen LogP contribution is -2.47. The first-order valence-corrected chi connectivity index (χ1v) is 8.99. The summed E-state index contributed by atoms with van der Waals surface area (Å²) < 4.78 is 11.0. The second kappa shape index (κ2) is 11.1. The fourth-order valence-electron chi connectivity index (χ4n) is 4.19. The molecule has 0 spiro atoms. The molecule has 0 bridgehead atoms. The van der Waals surface area contributed by atoms with Crippen molar-refractivity contribution in [3.05, 3.63) is 23.8 Å². The maximum atomic E-state index is 5.51. The van der Waals surface area contributed by atoms with Crippen LogP contribution in [-0.4, -0.2) is 45.3 Å². The van der Waals surface area contributed by atoms with Crippen LogP contribution in [0.4, 0.5) is 0 Å². The minimum absolute atomic E-state index is 0. The average molecular weight is 391 g/mol. The number of halogens is 2. The lowest BCUT2D eigenvalue weighted by Gasteiger charge is -2.41. The van der Waals surface area contributed by atoms with Crippen molar-refractivity contribution >= 4 is 24.8 Å². The lowest BCUT2D eigenvalue weighted by molar-refractivity contribution is 0.103. The summed E-state index contributed by atoms with van der Waals surface area (Å²) >= 11 is 0. The van der Waals surface area contributed by atoms with E-state index in [1.165, 1.54) is 37.7 Å². The zero-order valence-electron chi connectivity index (χ0n) is 15.3. The van der Waals surface area contributed by atoms with Gasteiger partial charge in [-0.25, -0.2) is 0 Å². The Bertz CT molecular complexity index is 464. The van der Waals surface area contributed by atoms with Crippen molar-refractivity contribution in [1.29, 1.82) is 0 Å². The first-order chi connectivity index (χ1) is 11.3. The van der Waals surface area contributed by atoms with Gasteiger partial charge in [-0.2, -0.15) is 0 Å². The van der Waals surface area contributed by atoms with Gasteiger partial charge in [-0.1, -0.05) is 19.3 Å². The van der Waals surface area contributed by atoms with Gasteiger partial charge in [0.25, 0.3) is 0 Å². The third-order valence-corrected chi connectivity index (χ3v) is 5.36. The molecule has 25 heavy (non-hydrogen) atoms. The Labute approximate surface area is 164 Å². The van der Waals surface area contributed by atoms with Gasteiger partial charge in [0.15, 0.2) is 0 Å². The maximum Gasteiger partial charge on any atom is 0.122 e. The van der Waals surface area contributed by atoms with Crippen molar-refractivity contribution in [2.45, 2.75) is 38.1 Å². The van der Waals surface area contributed by atoms with Gasteiger partial charge in [0, 0.05) is 38.3 Å². The maximum absolute atomic E-state index is 5.51. The summed E-state index contributed by atoms with van der Waals surface area (Å²) in [5, 5.41) is 3.48. The number of ether oxygens (including phenoxy) is 2. The smallest absolute Gasteiger partial charge is 0.122 e. The highest BCUT2D eigenvalue weighted by atomic mass is 35.5. The van der Waals surface area contributed by atoms with Gasteiger partial charge < -0.3 is 14.8 Å². The Morgan fingerprint density at radius 3 is 2.00 bits per heavy atom. The van der Waals surface area contributed by atoms with E-state index in [-0.39, 0.29) is 24.8 Å². The van der Waals surface area contributed by atoms with E-state index in [0.29, 0.717) is 6.04 Å². The van der Waals surface area contributed by atoms with Crippen LogP contribution in [0, 0.1) is 5.92 Å². The van der Waals surface area contributed by atoms with Gasteiger partial charge in [0.05, 0.1) is 14.2 Å². The van der Waals surface area contributed by atoms with Crippen LogP contribution in [0.15, 0.2) is 18.2 Å². The van der Waals surface area contributed by atoms with Crippen LogP contribution in [0.2, 0.25) is 0 Å². The number of benzene rings is 1. The Morgan fingerprint density at radius 1 is 0.920 bits per heavy atom. The zero-order chi connectivity index (χ0) is 16.1. The minimum atomic E-state index is 0. The lowest BCUT2D eigenvalue weighted by atomic mass is 9.80. The van der Waals surface area contributed by atoms with Gasteiger partial charge in [-0.15, -0.1) is 24.8 Å². The van der Waals surface area contributed by atoms with E-state index >= 15 is 0 Å². The molecular formula is C19H32Cl2N2O2. The first kappa shape index (κ1) is 22.4. The molecule has 144 valence electrons. The van der Waals surface area contributed by atoms with Gasteiger partial charge in [0.1, 0.15) is 11.5 Å². The van der Waals surface area contributed by atoms with Gasteiger partial charge >= 0.3 is 0 Å². The summed E-state index contributed by atoms with van der Waals surface area (Å²) in [6.45, 7) is 4.43. The van der Waals surface area contributed by atoms with Crippen molar-refractivity contribution < 1.29 is 9.47 Å². The summed E-state index contributed by atoms with van der Waals surface area (Å²) in [5.41, 5.74) is 1.36. The fourth-order valence-corrected chi connectivity index (χ4v) is 4.19. The number of methoxy groups -OCH3 is 2. The van der Waals surface area contributed by atoms with E-state index in [0.717, 1.165) is 43.6 Å². The SMILES string of the molecule is COc1cc(OC)cc([C@H](C2CCCCC2)N2CCNCC2)c1.Cl.Cl. The first-order valence-electron chi connectivity index (χ1n) is 8.99. The van der Waals surface area contributed by atoms with E-state index in [1.54, 1.807) is 14.2 Å². The Kier molecular flexibility index (Phi) is 9.95. The van der Waals surface area contributed by atoms with Crippen LogP contribution in [0.3, 0.4) is 0 Å². The molecule has 3 rings (SSSR count). The highest BCUT2D eigenvalue weighted by Crippen LogP contribution is 2.40. The largest absolute Gasteiger partial charge is 0.497 e. The molecule has 0 unspecified atom stereocenters. The fraction of sp³-hybridized carbons (Fsp3) is 0.684. The summed E-state index contributed by atoms with van der Waals surface area (Å²) in [4.78, 5) is 2.67. The van der Waals surface area contributed by atoms with E-state index in [1.807, 2.05) is 6.07 Å². The van der Waals surface area contributed by atoms with E-state index in [4.69, 9.17) is 9.47 Å². The Hall–Kier alpha value is -0.680. The third-order valence-electron chi connectivity index (χ3n) is 5.36. The monoisotopic (exact) mass is 390 g/mol. The van der Waals surface area contributed by atoms with Gasteiger partial charge in [-0.05, 0) is 36.5 Å². The molecule has 4 nitrogen and oxygen atoms in total. The summed E-state index contributed by atoms with van der Waals surface area (Å²) in [5.74, 6) is 2.55. The molecule has 1 aromatic carbocycles. The van der Waals surface area contributed by atoms with Crippen molar-refractivity contribution in [1.82, 2.24) is 10.2 Å². The third kappa shape index (κ3) is 5.65. The molecular weight excluding hydrogens is 359 g/mol. The molecule has 1 saturated heterocycles. The molecule has 0 aromatic heterocycles. The number of hydrogen-bond donors (Lipinski definition) is 1. The molecule has 1 aliphatic heterocycles. The van der Waals surface area contributed by atoms with E-state index < -0.39 is 0 Å². The highest BCUT2D eigenvalue weighted by molar-refractivity contribution is 5.85. The Balaban J connectivity index is 0.00000156. The quantitative estimate of drug-likeness (QED) is 0.820. The predicted molar refractivity (Wildman–Crippen MR) is 108 cm³/mol. The molecule has 1 saturated carbocycles. The average Bonchev–Trinajstić information content (AvgIpc) is 2.63. The second-order valence-electron chi connectivity index (χ2n) is 6.77. The van der Waals surface area contributed by atoms with Crippen LogP contribution in [0.1, 0.15) is 43.7 Å². The molecule has 1 aliphatic carbocycles. The zero-order valence-corrected chi connectivity index (χ0v) is 17.0. The van der Waals surface area contributed by atoms with Crippen molar-refractivity contribution in [2.75, 3.05) is 40.4 Å². The number of nitrogens with one attached hydrogen (secondary N) is 1. The standard InChI is InChI=1S/C19H30N2O2.2ClH/c1-22-17-12-16(13-18(14-17)23-2)19(15-6-4-3-5-7-15)21-10-8-20-9-11-21;;/h12-15,19-20H,3-11H2,1-2H3;2*1H/t19-;;/m0../s1. The minimum Gasteiger partial charge on any atom is -0.497 e. The van der Waals surface area contributed by atoms with Crippen molar-refractivity contribution in [2.24, 2.45) is 5.92 Å². The number of rotatable bonds is 5. The molecule has 1 N–H and O–H groups in total. The topological polar surface area (TPSA) is 33.7 Å². The predicted octanol–water partition coefficient (Wildman–Crippen LogP) is 4.07. The molecule has 2 aliphatic rings. The molecule has 0 radical (unpaired) electrons. The van der Waals surface area contributed by atoms with Crippen LogP contribution >= 0.6 is 24.8 Å². The van der Waals surface area contributed by atoms with Crippen molar-refractivity contribution in [3.8, 4) is 11.5 Å². The highest BCUT2D eigenvalue weighted by Gasteiger charge is 2.31. The molecule has 1 atom stereocenters. The number of nitrogens with zero attached hydrogens (tertiary/aromatic N) is 1. The van der Waals surface area contributed by atoms with Crippen LogP contribution in [0.5, 0.6) is 11.5 Å². The molecule has 1 heterocycles. The molecule has 2 fully saturated rings. The van der Waals surface area contributed by atoms with E-state index in [2.05, 4.69) is 22.3 Å². The normalized spacial score (nSPS) is 20.1. The summed E-state index contributed by atoms with van der Waals surface area (Å²) in [6.07, 6.45) is 6.82. The Morgan fingerprint density at radius 2 is 1.48 bits per heavy atom. The molecule has 0 amide bonds. The number of piperazine rings is 1. The van der Waals surface area contributed by atoms with Crippen LogP contribution in [-0.2, 0) is 0 Å². The molecule has 1 aromatic rings. The summed E-state index contributed by atoms with van der Waals surface area (Å²) in [6, 6.07) is 6.88. The van der Waals surface area contributed by atoms with Gasteiger partial charge in [-0.3, -0.25) is 4.90 Å². The molecule has 6 heteroatoms. The van der Waals surface area contributed by atoms with Crippen LogP contribution in [0.25, 0.3) is 0 Å². The van der Waals surface area contributed by atoms with Gasteiger partial charge in [0.2, 0.25) is 0 Å². The second-order valence-corrected chi connectivity index (χ2v) is 6.77.